The second-order valence-electron chi connectivity index (χ2n) is 7.40. The molecule has 2 atom stereocenters. The summed E-state index contributed by atoms with van der Waals surface area (Å²) in [5.41, 5.74) is 1.91. The number of amidine groups is 1. The number of hydrogen-bond acceptors (Lipinski definition) is 3. The Labute approximate surface area is 179 Å². The second-order valence-corrected chi connectivity index (χ2v) is 9.32. The van der Waals surface area contributed by atoms with E-state index in [1.54, 1.807) is 0 Å². The molecule has 5 heteroatoms. The van der Waals surface area contributed by atoms with Gasteiger partial charge in [0.2, 0.25) is 0 Å². The Morgan fingerprint density at radius 2 is 1.79 bits per heavy atom. The van der Waals surface area contributed by atoms with Crippen molar-refractivity contribution < 1.29 is 4.79 Å². The quantitative estimate of drug-likeness (QED) is 0.487. The number of amides is 1. The van der Waals surface area contributed by atoms with Crippen molar-refractivity contribution in [1.82, 2.24) is 4.90 Å². The van der Waals surface area contributed by atoms with Crippen molar-refractivity contribution in [2.75, 3.05) is 0 Å². The predicted molar refractivity (Wildman–Crippen MR) is 122 cm³/mol. The van der Waals surface area contributed by atoms with Crippen molar-refractivity contribution in [1.29, 1.82) is 0 Å². The van der Waals surface area contributed by atoms with E-state index in [9.17, 15) is 4.79 Å². The molecule has 144 valence electrons. The van der Waals surface area contributed by atoms with Gasteiger partial charge in [-0.3, -0.25) is 9.69 Å². The lowest BCUT2D eigenvalue weighted by molar-refractivity contribution is -0.124. The molecule has 2 fully saturated rings. The van der Waals surface area contributed by atoms with Gasteiger partial charge in [0.05, 0.1) is 10.6 Å². The number of carbonyl (C=O) groups is 1. The fourth-order valence-corrected chi connectivity index (χ4v) is 5.17. The molecule has 1 amide bonds. The zero-order chi connectivity index (χ0) is 19.5. The number of nitrogens with zero attached hydrogens (tertiary/aromatic N) is 2. The summed E-state index contributed by atoms with van der Waals surface area (Å²) in [5.74, 6) is 0.577. The minimum absolute atomic E-state index is 0.0846. The van der Waals surface area contributed by atoms with E-state index < -0.39 is 0 Å². The lowest BCUT2D eigenvalue weighted by Crippen LogP contribution is -2.44. The molecule has 1 saturated carbocycles. The number of aliphatic imine (C=N–C) groups is 1. The summed E-state index contributed by atoms with van der Waals surface area (Å²) in [5, 5.41) is 0.804. The number of hydrogen-bond donors (Lipinski definition) is 0. The Bertz CT molecular complexity index is 908. The number of rotatable bonds is 3. The van der Waals surface area contributed by atoms with E-state index in [1.165, 1.54) is 31.0 Å². The van der Waals surface area contributed by atoms with Crippen LogP contribution in [0.1, 0.15) is 38.2 Å². The molecule has 2 aromatic carbocycles. The molecule has 0 aromatic heterocycles. The molecule has 2 aromatic rings. The van der Waals surface area contributed by atoms with Gasteiger partial charge >= 0.3 is 0 Å². The van der Waals surface area contributed by atoms with Crippen molar-refractivity contribution in [3.05, 3.63) is 69.5 Å². The molecular weight excluding hydrogens is 432 g/mol. The van der Waals surface area contributed by atoms with Gasteiger partial charge in [0, 0.05) is 10.5 Å². The molecule has 0 bridgehead atoms. The fourth-order valence-electron chi connectivity index (χ4n) is 3.86. The molecule has 1 heterocycles. The predicted octanol–water partition coefficient (Wildman–Crippen LogP) is 6.63. The fraction of sp³-hybridized carbons (Fsp3) is 0.304. The third-order valence-electron chi connectivity index (χ3n) is 5.38. The van der Waals surface area contributed by atoms with Crippen molar-refractivity contribution >= 4 is 50.5 Å². The maximum absolute atomic E-state index is 13.4. The number of thioether (sulfide) groups is 1. The molecule has 4 rings (SSSR count). The van der Waals surface area contributed by atoms with Gasteiger partial charge in [0.1, 0.15) is 0 Å². The minimum atomic E-state index is 0.0846. The minimum Gasteiger partial charge on any atom is -0.283 e. The number of benzene rings is 2. The molecule has 0 spiro atoms. The van der Waals surface area contributed by atoms with Crippen LogP contribution in [0.3, 0.4) is 0 Å². The van der Waals surface area contributed by atoms with E-state index in [4.69, 9.17) is 4.99 Å². The molecule has 1 saturated heterocycles. The van der Waals surface area contributed by atoms with Crippen LogP contribution >= 0.6 is 27.7 Å². The van der Waals surface area contributed by atoms with Gasteiger partial charge < -0.3 is 0 Å². The van der Waals surface area contributed by atoms with Crippen LogP contribution in [0.2, 0.25) is 0 Å². The number of para-hydroxylation sites is 1. The third kappa shape index (κ3) is 4.26. The van der Waals surface area contributed by atoms with Crippen LogP contribution in [-0.4, -0.2) is 22.0 Å². The molecule has 28 heavy (non-hydrogen) atoms. The first-order valence-electron chi connectivity index (χ1n) is 9.74. The first-order valence-corrected chi connectivity index (χ1v) is 11.4. The molecule has 0 radical (unpaired) electrons. The SMILES string of the molecule is C[C@@H]1CCCC[C@@H]1N1C(=O)/C(=C/c2ccc(Br)cc2)SC1=Nc1ccccc1. The molecule has 0 N–H and O–H groups in total. The maximum atomic E-state index is 13.4. The largest absolute Gasteiger partial charge is 0.283 e. The summed E-state index contributed by atoms with van der Waals surface area (Å²) in [4.78, 5) is 20.9. The molecule has 1 aliphatic carbocycles. The van der Waals surface area contributed by atoms with Gasteiger partial charge in [0.25, 0.3) is 5.91 Å². The van der Waals surface area contributed by atoms with Crippen molar-refractivity contribution in [3.8, 4) is 0 Å². The zero-order valence-electron chi connectivity index (χ0n) is 15.8. The molecule has 1 aliphatic heterocycles. The Kier molecular flexibility index (Phi) is 6.02. The first-order chi connectivity index (χ1) is 13.6. The lowest BCUT2D eigenvalue weighted by Gasteiger charge is -2.35. The lowest BCUT2D eigenvalue weighted by atomic mass is 9.85. The highest BCUT2D eigenvalue weighted by molar-refractivity contribution is 9.10. The van der Waals surface area contributed by atoms with Crippen LogP contribution in [0.4, 0.5) is 5.69 Å². The summed E-state index contributed by atoms with van der Waals surface area (Å²) >= 11 is 4.96. The normalized spacial score (nSPS) is 25.6. The Morgan fingerprint density at radius 3 is 2.50 bits per heavy atom. The summed E-state index contributed by atoms with van der Waals surface area (Å²) < 4.78 is 1.03. The summed E-state index contributed by atoms with van der Waals surface area (Å²) in [6, 6.07) is 18.2. The van der Waals surface area contributed by atoms with Crippen LogP contribution in [0.5, 0.6) is 0 Å². The number of halogens is 1. The zero-order valence-corrected chi connectivity index (χ0v) is 18.2. The third-order valence-corrected chi connectivity index (χ3v) is 6.90. The highest BCUT2D eigenvalue weighted by atomic mass is 79.9. The van der Waals surface area contributed by atoms with Crippen molar-refractivity contribution in [2.24, 2.45) is 10.9 Å². The van der Waals surface area contributed by atoms with Gasteiger partial charge in [0.15, 0.2) is 5.17 Å². The van der Waals surface area contributed by atoms with Crippen LogP contribution in [0.25, 0.3) is 6.08 Å². The summed E-state index contributed by atoms with van der Waals surface area (Å²) in [6.07, 6.45) is 6.62. The van der Waals surface area contributed by atoms with Crippen molar-refractivity contribution in [2.45, 2.75) is 38.6 Å². The summed E-state index contributed by atoms with van der Waals surface area (Å²) in [6.45, 7) is 2.26. The highest BCUT2D eigenvalue weighted by Crippen LogP contribution is 2.40. The first kappa shape index (κ1) is 19.5. The van der Waals surface area contributed by atoms with Gasteiger partial charge in [-0.05, 0) is 66.4 Å². The Balaban J connectivity index is 1.71. The van der Waals surface area contributed by atoms with Crippen LogP contribution in [0, 0.1) is 5.92 Å². The number of carbonyl (C=O) groups excluding carboxylic acids is 1. The molecular formula is C23H23BrN2OS. The maximum Gasteiger partial charge on any atom is 0.267 e. The average Bonchev–Trinajstić information content (AvgIpc) is 3.00. The molecule has 0 unspecified atom stereocenters. The van der Waals surface area contributed by atoms with E-state index in [0.29, 0.717) is 5.92 Å². The molecule has 2 aliphatic rings. The topological polar surface area (TPSA) is 32.7 Å². The smallest absolute Gasteiger partial charge is 0.267 e. The van der Waals surface area contributed by atoms with E-state index in [2.05, 4.69) is 22.9 Å². The molecule has 3 nitrogen and oxygen atoms in total. The Morgan fingerprint density at radius 1 is 1.07 bits per heavy atom. The standard InChI is InChI=1S/C23H23BrN2OS/c1-16-7-5-6-10-20(16)26-22(27)21(15-17-11-13-18(24)14-12-17)28-23(26)25-19-8-3-2-4-9-19/h2-4,8-9,11-16,20H,5-7,10H2,1H3/b21-15-,25-23?/t16-,20+/m1/s1. The Hall–Kier alpha value is -1.85. The van der Waals surface area contributed by atoms with Gasteiger partial charge in [-0.25, -0.2) is 4.99 Å². The van der Waals surface area contributed by atoms with Crippen LogP contribution in [0.15, 0.2) is 69.0 Å². The van der Waals surface area contributed by atoms with Gasteiger partial charge in [-0.2, -0.15) is 0 Å². The highest BCUT2D eigenvalue weighted by Gasteiger charge is 2.40. The van der Waals surface area contributed by atoms with Gasteiger partial charge in [-0.1, -0.05) is 66.0 Å². The average molecular weight is 455 g/mol. The van der Waals surface area contributed by atoms with E-state index in [0.717, 1.165) is 32.2 Å². The second kappa shape index (κ2) is 8.66. The van der Waals surface area contributed by atoms with E-state index >= 15 is 0 Å². The summed E-state index contributed by atoms with van der Waals surface area (Å²) in [7, 11) is 0. The van der Waals surface area contributed by atoms with Crippen LogP contribution in [-0.2, 0) is 4.79 Å². The monoisotopic (exact) mass is 454 g/mol. The van der Waals surface area contributed by atoms with Gasteiger partial charge in [-0.15, -0.1) is 0 Å². The van der Waals surface area contributed by atoms with E-state index in [-0.39, 0.29) is 11.9 Å². The van der Waals surface area contributed by atoms with Crippen LogP contribution < -0.4 is 0 Å². The van der Waals surface area contributed by atoms with E-state index in [1.807, 2.05) is 65.6 Å². The van der Waals surface area contributed by atoms with Crippen molar-refractivity contribution in [3.63, 3.8) is 0 Å².